The maximum atomic E-state index is 14.3. The Bertz CT molecular complexity index is 999. The fourth-order valence-corrected chi connectivity index (χ4v) is 3.15. The van der Waals surface area contributed by atoms with Crippen LogP contribution in [0.5, 0.6) is 0 Å². The van der Waals surface area contributed by atoms with Crippen LogP contribution in [0.3, 0.4) is 0 Å². The molecule has 1 aliphatic heterocycles. The van der Waals surface area contributed by atoms with Gasteiger partial charge in [0.1, 0.15) is 17.3 Å². The monoisotopic (exact) mass is 366 g/mol. The molecule has 0 unspecified atom stereocenters. The highest BCUT2D eigenvalue weighted by Crippen LogP contribution is 2.21. The molecule has 0 saturated carbocycles. The summed E-state index contributed by atoms with van der Waals surface area (Å²) in [7, 11) is 0. The van der Waals surface area contributed by atoms with Gasteiger partial charge in [-0.05, 0) is 13.0 Å². The Kier molecular flexibility index (Phi) is 4.53. The summed E-state index contributed by atoms with van der Waals surface area (Å²) in [5.41, 5.74) is -0.103. The molecule has 0 bridgehead atoms. The fraction of sp³-hybridized carbons (Fsp3) is 0.263. The van der Waals surface area contributed by atoms with E-state index >= 15 is 0 Å². The molecule has 1 fully saturated rings. The first-order valence-electron chi connectivity index (χ1n) is 8.76. The van der Waals surface area contributed by atoms with Gasteiger partial charge in [0.15, 0.2) is 0 Å². The summed E-state index contributed by atoms with van der Waals surface area (Å²) in [5, 5.41) is 0. The third-order valence-corrected chi connectivity index (χ3v) is 4.56. The van der Waals surface area contributed by atoms with Gasteiger partial charge >= 0.3 is 0 Å². The minimum absolute atomic E-state index is 0.0724. The highest BCUT2D eigenvalue weighted by molar-refractivity contribution is 5.60. The topological polar surface area (TPSA) is 78.0 Å². The first kappa shape index (κ1) is 17.1. The summed E-state index contributed by atoms with van der Waals surface area (Å²) in [6.45, 7) is 4.59. The van der Waals surface area contributed by atoms with E-state index in [1.807, 2.05) is 24.0 Å². The van der Waals surface area contributed by atoms with Crippen LogP contribution < -0.4 is 15.4 Å². The predicted octanol–water partition coefficient (Wildman–Crippen LogP) is 2.00. The van der Waals surface area contributed by atoms with Crippen molar-refractivity contribution in [2.75, 3.05) is 36.0 Å². The molecule has 4 rings (SSSR count). The molecule has 138 valence electrons. The lowest BCUT2D eigenvalue weighted by molar-refractivity contribution is 0.594. The van der Waals surface area contributed by atoms with Gasteiger partial charge in [0.2, 0.25) is 11.8 Å². The number of piperazine rings is 1. The zero-order valence-electron chi connectivity index (χ0n) is 14.9. The van der Waals surface area contributed by atoms with Crippen molar-refractivity contribution in [3.63, 3.8) is 0 Å². The second-order valence-electron chi connectivity index (χ2n) is 6.35. The van der Waals surface area contributed by atoms with Crippen LogP contribution in [0.1, 0.15) is 5.82 Å². The quantitative estimate of drug-likeness (QED) is 0.764. The Morgan fingerprint density at radius 2 is 1.70 bits per heavy atom. The molecule has 1 aromatic carbocycles. The molecule has 0 spiro atoms. The molecule has 1 aliphatic rings. The zero-order chi connectivity index (χ0) is 18.8. The van der Waals surface area contributed by atoms with Gasteiger partial charge in [0, 0.05) is 37.9 Å². The van der Waals surface area contributed by atoms with Crippen LogP contribution in [0.15, 0.2) is 47.4 Å². The van der Waals surface area contributed by atoms with Crippen LogP contribution in [-0.2, 0) is 0 Å². The van der Waals surface area contributed by atoms with E-state index in [2.05, 4.69) is 24.8 Å². The lowest BCUT2D eigenvalue weighted by Crippen LogP contribution is -2.48. The average molecular weight is 366 g/mol. The smallest absolute Gasteiger partial charge is 0.289 e. The predicted molar refractivity (Wildman–Crippen MR) is 101 cm³/mol. The van der Waals surface area contributed by atoms with Crippen molar-refractivity contribution in [3.8, 4) is 11.3 Å². The molecule has 7 nitrogen and oxygen atoms in total. The fourth-order valence-electron chi connectivity index (χ4n) is 3.15. The average Bonchev–Trinajstić information content (AvgIpc) is 2.71. The number of hydrogen-bond donors (Lipinski definition) is 1. The zero-order valence-corrected chi connectivity index (χ0v) is 14.9. The van der Waals surface area contributed by atoms with Crippen LogP contribution in [-0.4, -0.2) is 46.1 Å². The van der Waals surface area contributed by atoms with E-state index in [4.69, 9.17) is 0 Å². The van der Waals surface area contributed by atoms with Crippen LogP contribution >= 0.6 is 0 Å². The number of H-pyrrole nitrogens is 1. The summed E-state index contributed by atoms with van der Waals surface area (Å²) in [4.78, 5) is 31.7. The standard InChI is InChI=1S/C19H19FN6O/c1-13-21-8-7-15(22-13)25-9-11-26(12-10-25)19-23-17(16(20)18(27)24-19)14-5-3-2-4-6-14/h2-8H,9-12H2,1H3,(H,23,24,27). The highest BCUT2D eigenvalue weighted by atomic mass is 19.1. The van der Waals surface area contributed by atoms with Crippen molar-refractivity contribution >= 4 is 11.8 Å². The number of hydrogen-bond acceptors (Lipinski definition) is 6. The van der Waals surface area contributed by atoms with Gasteiger partial charge in [-0.1, -0.05) is 30.3 Å². The van der Waals surface area contributed by atoms with Crippen molar-refractivity contribution in [1.29, 1.82) is 0 Å². The molecular formula is C19H19FN6O. The third kappa shape index (κ3) is 3.51. The highest BCUT2D eigenvalue weighted by Gasteiger charge is 2.22. The van der Waals surface area contributed by atoms with E-state index in [9.17, 15) is 9.18 Å². The van der Waals surface area contributed by atoms with E-state index in [0.717, 1.165) is 24.7 Å². The number of aromatic amines is 1. The maximum absolute atomic E-state index is 14.3. The SMILES string of the molecule is Cc1nccc(N2CCN(c3nc(-c4ccccc4)c(F)c(=O)[nH]3)CC2)n1. The molecule has 8 heteroatoms. The minimum atomic E-state index is -0.861. The molecule has 1 N–H and O–H groups in total. The van der Waals surface area contributed by atoms with Crippen molar-refractivity contribution in [2.45, 2.75) is 6.92 Å². The Hall–Kier alpha value is -3.29. The normalized spacial score (nSPS) is 14.4. The van der Waals surface area contributed by atoms with E-state index in [1.165, 1.54) is 0 Å². The van der Waals surface area contributed by atoms with Crippen molar-refractivity contribution in [1.82, 2.24) is 19.9 Å². The van der Waals surface area contributed by atoms with Gasteiger partial charge in [-0.3, -0.25) is 9.78 Å². The van der Waals surface area contributed by atoms with E-state index in [0.29, 0.717) is 24.6 Å². The molecule has 2 aromatic heterocycles. The van der Waals surface area contributed by atoms with Crippen LogP contribution in [0.25, 0.3) is 11.3 Å². The summed E-state index contributed by atoms with van der Waals surface area (Å²) < 4.78 is 14.3. The number of halogens is 1. The minimum Gasteiger partial charge on any atom is -0.353 e. The molecule has 27 heavy (non-hydrogen) atoms. The van der Waals surface area contributed by atoms with Gasteiger partial charge in [0.05, 0.1) is 0 Å². The Balaban J connectivity index is 1.57. The van der Waals surface area contributed by atoms with Crippen molar-refractivity contribution < 1.29 is 4.39 Å². The molecule has 0 amide bonds. The molecular weight excluding hydrogens is 347 g/mol. The number of rotatable bonds is 3. The summed E-state index contributed by atoms with van der Waals surface area (Å²) in [6.07, 6.45) is 1.75. The van der Waals surface area contributed by atoms with E-state index in [1.54, 1.807) is 30.5 Å². The van der Waals surface area contributed by atoms with Gasteiger partial charge in [-0.15, -0.1) is 0 Å². The number of anilines is 2. The van der Waals surface area contributed by atoms with E-state index in [-0.39, 0.29) is 5.69 Å². The number of nitrogens with zero attached hydrogens (tertiary/aromatic N) is 5. The molecule has 1 saturated heterocycles. The number of benzene rings is 1. The lowest BCUT2D eigenvalue weighted by Gasteiger charge is -2.35. The van der Waals surface area contributed by atoms with Crippen molar-refractivity contribution in [3.05, 3.63) is 64.6 Å². The molecule has 0 aliphatic carbocycles. The number of aromatic nitrogens is 4. The maximum Gasteiger partial charge on any atom is 0.289 e. The largest absolute Gasteiger partial charge is 0.353 e. The van der Waals surface area contributed by atoms with E-state index < -0.39 is 11.4 Å². The second kappa shape index (κ2) is 7.14. The first-order chi connectivity index (χ1) is 13.1. The second-order valence-corrected chi connectivity index (χ2v) is 6.35. The first-order valence-corrected chi connectivity index (χ1v) is 8.76. The summed E-state index contributed by atoms with van der Waals surface area (Å²) >= 11 is 0. The van der Waals surface area contributed by atoms with Crippen LogP contribution in [0.2, 0.25) is 0 Å². The molecule has 0 atom stereocenters. The van der Waals surface area contributed by atoms with Crippen molar-refractivity contribution in [2.24, 2.45) is 0 Å². The third-order valence-electron chi connectivity index (χ3n) is 4.56. The summed E-state index contributed by atoms with van der Waals surface area (Å²) in [5.74, 6) is 1.14. The molecule has 3 aromatic rings. The van der Waals surface area contributed by atoms with Gasteiger partial charge in [-0.2, -0.15) is 4.39 Å². The lowest BCUT2D eigenvalue weighted by atomic mass is 10.1. The summed E-state index contributed by atoms with van der Waals surface area (Å²) in [6, 6.07) is 10.8. The molecule has 3 heterocycles. The number of nitrogens with one attached hydrogen (secondary N) is 1. The van der Waals surface area contributed by atoms with Crippen LogP contribution in [0, 0.1) is 12.7 Å². The Labute approximate surface area is 155 Å². The Morgan fingerprint density at radius 1 is 1.00 bits per heavy atom. The van der Waals surface area contributed by atoms with Gasteiger partial charge in [0.25, 0.3) is 5.56 Å². The molecule has 0 radical (unpaired) electrons. The number of aryl methyl sites for hydroxylation is 1. The Morgan fingerprint density at radius 3 is 2.41 bits per heavy atom. The van der Waals surface area contributed by atoms with Gasteiger partial charge in [-0.25, -0.2) is 15.0 Å². The van der Waals surface area contributed by atoms with Gasteiger partial charge < -0.3 is 9.80 Å². The van der Waals surface area contributed by atoms with Crippen LogP contribution in [0.4, 0.5) is 16.2 Å².